The van der Waals surface area contributed by atoms with Gasteiger partial charge in [-0.1, -0.05) is 18.2 Å². The first-order valence-corrected chi connectivity index (χ1v) is 4.33. The second-order valence-corrected chi connectivity index (χ2v) is 3.25. The van der Waals surface area contributed by atoms with Crippen molar-refractivity contribution in [3.05, 3.63) is 34.9 Å². The Balaban J connectivity index is 2.41. The Bertz CT molecular complexity index is 401. The Morgan fingerprint density at radius 2 is 2.23 bits per heavy atom. The average Bonchev–Trinajstić information content (AvgIpc) is 2.48. The molecule has 0 bridgehead atoms. The van der Waals surface area contributed by atoms with E-state index in [4.69, 9.17) is 5.26 Å². The van der Waals surface area contributed by atoms with Crippen molar-refractivity contribution in [1.29, 1.82) is 5.26 Å². The second-order valence-electron chi connectivity index (χ2n) is 3.25. The summed E-state index contributed by atoms with van der Waals surface area (Å²) in [7, 11) is 0. The number of Topliss-reactive ketones (excluding diaryl/α,β-unsaturated/α-hetero) is 1. The molecule has 1 aliphatic carbocycles. The maximum absolute atomic E-state index is 11.3. The molecule has 0 fully saturated rings. The lowest BCUT2D eigenvalue weighted by molar-refractivity contribution is 0.0994. The van der Waals surface area contributed by atoms with Crippen molar-refractivity contribution in [1.82, 2.24) is 0 Å². The summed E-state index contributed by atoms with van der Waals surface area (Å²) in [6.45, 7) is 0. The van der Waals surface area contributed by atoms with Gasteiger partial charge < -0.3 is 0 Å². The number of hydrogen-bond donors (Lipinski definition) is 0. The van der Waals surface area contributed by atoms with Crippen LogP contribution in [0.15, 0.2) is 18.2 Å². The topological polar surface area (TPSA) is 40.9 Å². The van der Waals surface area contributed by atoms with Crippen LogP contribution in [-0.4, -0.2) is 5.78 Å². The molecule has 2 rings (SSSR count). The van der Waals surface area contributed by atoms with Gasteiger partial charge in [0.05, 0.1) is 12.5 Å². The smallest absolute Gasteiger partial charge is 0.163 e. The molecule has 2 heteroatoms. The van der Waals surface area contributed by atoms with Crippen LogP contribution in [0.25, 0.3) is 0 Å². The van der Waals surface area contributed by atoms with Gasteiger partial charge in [0.1, 0.15) is 0 Å². The fourth-order valence-corrected chi connectivity index (χ4v) is 1.71. The number of rotatable bonds is 1. The Hall–Kier alpha value is -1.62. The number of benzene rings is 1. The lowest BCUT2D eigenvalue weighted by atomic mass is 10.0. The molecule has 0 radical (unpaired) electrons. The van der Waals surface area contributed by atoms with Gasteiger partial charge in [-0.05, 0) is 17.5 Å². The predicted molar refractivity (Wildman–Crippen MR) is 48.4 cm³/mol. The van der Waals surface area contributed by atoms with Gasteiger partial charge in [0.15, 0.2) is 5.78 Å². The van der Waals surface area contributed by atoms with Gasteiger partial charge in [0, 0.05) is 12.0 Å². The lowest BCUT2D eigenvalue weighted by Crippen LogP contribution is -1.91. The first-order valence-electron chi connectivity index (χ1n) is 4.33. The highest BCUT2D eigenvalue weighted by atomic mass is 16.1. The van der Waals surface area contributed by atoms with E-state index in [0.29, 0.717) is 12.8 Å². The standard InChI is InChI=1S/C11H9NO/c12-6-5-8-1-3-10-9(7-8)2-4-11(10)13/h1,3,7H,2,4-5H2. The van der Waals surface area contributed by atoms with Crippen molar-refractivity contribution in [2.75, 3.05) is 0 Å². The summed E-state index contributed by atoms with van der Waals surface area (Å²) in [5.41, 5.74) is 2.97. The highest BCUT2D eigenvalue weighted by molar-refractivity contribution is 6.00. The fraction of sp³-hybridized carbons (Fsp3) is 0.273. The van der Waals surface area contributed by atoms with E-state index in [2.05, 4.69) is 6.07 Å². The van der Waals surface area contributed by atoms with E-state index in [9.17, 15) is 4.79 Å². The molecule has 1 aromatic rings. The van der Waals surface area contributed by atoms with Crippen molar-refractivity contribution in [2.45, 2.75) is 19.3 Å². The van der Waals surface area contributed by atoms with Crippen LogP contribution in [0.5, 0.6) is 0 Å². The predicted octanol–water partition coefficient (Wildman–Crippen LogP) is 1.88. The minimum atomic E-state index is 0.235. The highest BCUT2D eigenvalue weighted by Crippen LogP contribution is 2.22. The first kappa shape index (κ1) is 8.00. The molecule has 1 aliphatic rings. The Kier molecular flexibility index (Phi) is 1.86. The Morgan fingerprint density at radius 3 is 3.00 bits per heavy atom. The van der Waals surface area contributed by atoms with E-state index in [-0.39, 0.29) is 5.78 Å². The van der Waals surface area contributed by atoms with Crippen molar-refractivity contribution in [3.8, 4) is 6.07 Å². The van der Waals surface area contributed by atoms with Gasteiger partial charge in [-0.15, -0.1) is 0 Å². The number of carbonyl (C=O) groups excluding carboxylic acids is 1. The van der Waals surface area contributed by atoms with Crippen LogP contribution in [0.2, 0.25) is 0 Å². The summed E-state index contributed by atoms with van der Waals surface area (Å²) < 4.78 is 0. The maximum Gasteiger partial charge on any atom is 0.163 e. The molecule has 0 unspecified atom stereocenters. The minimum absolute atomic E-state index is 0.235. The third-order valence-electron chi connectivity index (χ3n) is 2.37. The van der Waals surface area contributed by atoms with E-state index in [1.165, 1.54) is 0 Å². The number of aryl methyl sites for hydroxylation is 1. The number of ketones is 1. The Morgan fingerprint density at radius 1 is 1.38 bits per heavy atom. The third-order valence-corrected chi connectivity index (χ3v) is 2.37. The zero-order valence-electron chi connectivity index (χ0n) is 7.21. The number of fused-ring (bicyclic) bond motifs is 1. The molecule has 1 aromatic carbocycles. The van der Waals surface area contributed by atoms with Crippen LogP contribution in [0, 0.1) is 11.3 Å². The van der Waals surface area contributed by atoms with Crippen molar-refractivity contribution >= 4 is 5.78 Å². The van der Waals surface area contributed by atoms with E-state index >= 15 is 0 Å². The highest BCUT2D eigenvalue weighted by Gasteiger charge is 2.18. The van der Waals surface area contributed by atoms with Gasteiger partial charge in [-0.2, -0.15) is 5.26 Å². The molecule has 0 atom stereocenters. The molecule has 0 N–H and O–H groups in total. The van der Waals surface area contributed by atoms with Gasteiger partial charge in [-0.25, -0.2) is 0 Å². The lowest BCUT2D eigenvalue weighted by Gasteiger charge is -1.99. The molecule has 0 amide bonds. The van der Waals surface area contributed by atoms with Crippen LogP contribution in [0.4, 0.5) is 0 Å². The van der Waals surface area contributed by atoms with Crippen LogP contribution < -0.4 is 0 Å². The van der Waals surface area contributed by atoms with E-state index in [1.54, 1.807) is 0 Å². The average molecular weight is 171 g/mol. The number of nitrogens with zero attached hydrogens (tertiary/aromatic N) is 1. The summed E-state index contributed by atoms with van der Waals surface area (Å²) in [6.07, 6.45) is 1.90. The third kappa shape index (κ3) is 1.33. The Labute approximate surface area is 76.8 Å². The molecule has 64 valence electrons. The largest absolute Gasteiger partial charge is 0.294 e. The van der Waals surface area contributed by atoms with Gasteiger partial charge in [-0.3, -0.25) is 4.79 Å². The SMILES string of the molecule is N#CCc1ccc2c(c1)CCC2=O. The number of hydrogen-bond acceptors (Lipinski definition) is 2. The molecule has 2 nitrogen and oxygen atoms in total. The normalized spacial score (nSPS) is 13.9. The van der Waals surface area contributed by atoms with Crippen LogP contribution >= 0.6 is 0 Å². The molecule has 0 spiro atoms. The van der Waals surface area contributed by atoms with Crippen molar-refractivity contribution in [2.24, 2.45) is 0 Å². The molecule has 0 saturated heterocycles. The zero-order valence-corrected chi connectivity index (χ0v) is 7.21. The number of nitriles is 1. The maximum atomic E-state index is 11.3. The summed E-state index contributed by atoms with van der Waals surface area (Å²) in [4.78, 5) is 11.3. The molecule has 0 aromatic heterocycles. The molecular formula is C11H9NO. The summed E-state index contributed by atoms with van der Waals surface area (Å²) in [5.74, 6) is 0.235. The molecule has 13 heavy (non-hydrogen) atoms. The number of carbonyl (C=O) groups is 1. The quantitative estimate of drug-likeness (QED) is 0.647. The van der Waals surface area contributed by atoms with Gasteiger partial charge >= 0.3 is 0 Å². The molecule has 0 saturated carbocycles. The minimum Gasteiger partial charge on any atom is -0.294 e. The molecule has 0 aliphatic heterocycles. The zero-order chi connectivity index (χ0) is 9.26. The monoisotopic (exact) mass is 171 g/mol. The second kappa shape index (κ2) is 3.02. The van der Waals surface area contributed by atoms with Gasteiger partial charge in [0.25, 0.3) is 0 Å². The fourth-order valence-electron chi connectivity index (χ4n) is 1.71. The van der Waals surface area contributed by atoms with Crippen LogP contribution in [0.1, 0.15) is 27.9 Å². The van der Waals surface area contributed by atoms with Gasteiger partial charge in [0.2, 0.25) is 0 Å². The van der Waals surface area contributed by atoms with E-state index in [1.807, 2.05) is 18.2 Å². The first-order chi connectivity index (χ1) is 6.31. The molecule has 0 heterocycles. The summed E-state index contributed by atoms with van der Waals surface area (Å²) >= 11 is 0. The van der Waals surface area contributed by atoms with E-state index < -0.39 is 0 Å². The van der Waals surface area contributed by atoms with Crippen LogP contribution in [-0.2, 0) is 12.8 Å². The van der Waals surface area contributed by atoms with E-state index in [0.717, 1.165) is 23.1 Å². The van der Waals surface area contributed by atoms with Crippen molar-refractivity contribution in [3.63, 3.8) is 0 Å². The van der Waals surface area contributed by atoms with Crippen molar-refractivity contribution < 1.29 is 4.79 Å². The van der Waals surface area contributed by atoms with Crippen LogP contribution in [0.3, 0.4) is 0 Å². The summed E-state index contributed by atoms with van der Waals surface area (Å²) in [5, 5.41) is 8.50. The summed E-state index contributed by atoms with van der Waals surface area (Å²) in [6, 6.07) is 7.79. The molecular weight excluding hydrogens is 162 g/mol.